The molecule has 0 aromatic heterocycles. The zero-order chi connectivity index (χ0) is 13.4. The molecular formula is C15H30N2O. The quantitative estimate of drug-likeness (QED) is 0.676. The number of hydrogen-bond donors (Lipinski definition) is 1. The number of ether oxygens (including phenoxy) is 1. The monoisotopic (exact) mass is 254 g/mol. The maximum Gasteiger partial charge on any atom is 0.0673 e. The molecule has 3 heteroatoms. The van der Waals surface area contributed by atoms with Gasteiger partial charge in [0.25, 0.3) is 0 Å². The van der Waals surface area contributed by atoms with Gasteiger partial charge in [-0.25, -0.2) is 0 Å². The maximum absolute atomic E-state index is 5.78. The summed E-state index contributed by atoms with van der Waals surface area (Å²) in [6.45, 7) is 8.75. The average molecular weight is 254 g/mol. The van der Waals surface area contributed by atoms with Crippen molar-refractivity contribution in [2.45, 2.75) is 45.6 Å². The Bertz CT molecular complexity index is 251. The van der Waals surface area contributed by atoms with E-state index in [9.17, 15) is 0 Å². The first-order chi connectivity index (χ1) is 8.61. The van der Waals surface area contributed by atoms with Crippen molar-refractivity contribution >= 4 is 0 Å². The van der Waals surface area contributed by atoms with Crippen LogP contribution in [0.15, 0.2) is 11.6 Å². The fourth-order valence-corrected chi connectivity index (χ4v) is 2.56. The zero-order valence-electron chi connectivity index (χ0n) is 12.3. The summed E-state index contributed by atoms with van der Waals surface area (Å²) in [4.78, 5) is 2.55. The molecule has 0 aliphatic carbocycles. The van der Waals surface area contributed by atoms with E-state index in [2.05, 4.69) is 24.8 Å². The summed E-state index contributed by atoms with van der Waals surface area (Å²) in [7, 11) is 1.77. The first kappa shape index (κ1) is 15.7. The van der Waals surface area contributed by atoms with Crippen LogP contribution in [0.25, 0.3) is 0 Å². The number of rotatable bonds is 8. The van der Waals surface area contributed by atoms with Crippen LogP contribution >= 0.6 is 0 Å². The van der Waals surface area contributed by atoms with E-state index < -0.39 is 0 Å². The molecule has 3 nitrogen and oxygen atoms in total. The zero-order valence-corrected chi connectivity index (χ0v) is 12.3. The smallest absolute Gasteiger partial charge is 0.0673 e. The van der Waals surface area contributed by atoms with Gasteiger partial charge in [-0.1, -0.05) is 19.4 Å². The second-order valence-electron chi connectivity index (χ2n) is 5.82. The molecule has 2 atom stereocenters. The second-order valence-corrected chi connectivity index (χ2v) is 5.82. The van der Waals surface area contributed by atoms with Gasteiger partial charge >= 0.3 is 0 Å². The van der Waals surface area contributed by atoms with E-state index >= 15 is 0 Å². The molecule has 0 aromatic carbocycles. The lowest BCUT2D eigenvalue weighted by Gasteiger charge is -2.28. The SMILES string of the molecule is COCC1=CCN(CC(C)CCCC(C)N)CC1. The lowest BCUT2D eigenvalue weighted by Crippen LogP contribution is -2.33. The lowest BCUT2D eigenvalue weighted by atomic mass is 10.0. The first-order valence-corrected chi connectivity index (χ1v) is 7.26. The number of nitrogens with zero attached hydrogens (tertiary/aromatic N) is 1. The van der Waals surface area contributed by atoms with E-state index in [1.807, 2.05) is 0 Å². The molecule has 1 rings (SSSR count). The minimum Gasteiger partial charge on any atom is -0.380 e. The third kappa shape index (κ3) is 6.53. The highest BCUT2D eigenvalue weighted by Crippen LogP contribution is 2.15. The predicted octanol–water partition coefficient (Wildman–Crippen LogP) is 2.42. The van der Waals surface area contributed by atoms with Gasteiger partial charge in [0.1, 0.15) is 0 Å². The Hall–Kier alpha value is -0.380. The Labute approximate surface area is 112 Å². The second kappa shape index (κ2) is 8.68. The van der Waals surface area contributed by atoms with E-state index in [1.165, 1.54) is 37.9 Å². The number of nitrogens with two attached hydrogens (primary N) is 1. The van der Waals surface area contributed by atoms with Gasteiger partial charge < -0.3 is 10.5 Å². The van der Waals surface area contributed by atoms with E-state index in [4.69, 9.17) is 10.5 Å². The van der Waals surface area contributed by atoms with Crippen LogP contribution < -0.4 is 5.73 Å². The minimum atomic E-state index is 0.353. The van der Waals surface area contributed by atoms with Crippen molar-refractivity contribution in [3.63, 3.8) is 0 Å². The summed E-state index contributed by atoms with van der Waals surface area (Å²) < 4.78 is 5.17. The van der Waals surface area contributed by atoms with Crippen LogP contribution in [0.3, 0.4) is 0 Å². The van der Waals surface area contributed by atoms with Crippen LogP contribution in [-0.2, 0) is 4.74 Å². The predicted molar refractivity (Wildman–Crippen MR) is 77.7 cm³/mol. The fraction of sp³-hybridized carbons (Fsp3) is 0.867. The van der Waals surface area contributed by atoms with Gasteiger partial charge in [-0.15, -0.1) is 0 Å². The van der Waals surface area contributed by atoms with Gasteiger partial charge in [0.05, 0.1) is 6.61 Å². The van der Waals surface area contributed by atoms with Crippen LogP contribution in [0.1, 0.15) is 39.5 Å². The molecule has 2 unspecified atom stereocenters. The van der Waals surface area contributed by atoms with Crippen LogP contribution in [0.2, 0.25) is 0 Å². The van der Waals surface area contributed by atoms with Crippen LogP contribution in [-0.4, -0.2) is 44.3 Å². The summed E-state index contributed by atoms with van der Waals surface area (Å²) in [6, 6.07) is 0.353. The Morgan fingerprint density at radius 3 is 2.72 bits per heavy atom. The lowest BCUT2D eigenvalue weighted by molar-refractivity contribution is 0.204. The standard InChI is InChI=1S/C15H30N2O/c1-13(5-4-6-14(2)16)11-17-9-7-15(8-10-17)12-18-3/h7,13-14H,4-6,8-12,16H2,1-3H3. The fourth-order valence-electron chi connectivity index (χ4n) is 2.56. The Morgan fingerprint density at radius 1 is 1.39 bits per heavy atom. The molecule has 1 aliphatic rings. The molecule has 1 aliphatic heterocycles. The molecule has 106 valence electrons. The number of methoxy groups -OCH3 is 1. The van der Waals surface area contributed by atoms with Gasteiger partial charge in [0.15, 0.2) is 0 Å². The Balaban J connectivity index is 2.16. The Kier molecular flexibility index (Phi) is 7.56. The number of hydrogen-bond acceptors (Lipinski definition) is 3. The van der Waals surface area contributed by atoms with Crippen molar-refractivity contribution in [2.75, 3.05) is 33.4 Å². The molecular weight excluding hydrogens is 224 g/mol. The average Bonchev–Trinajstić information content (AvgIpc) is 2.31. The molecule has 0 saturated carbocycles. The highest BCUT2D eigenvalue weighted by Gasteiger charge is 2.14. The molecule has 0 saturated heterocycles. The van der Waals surface area contributed by atoms with Crippen molar-refractivity contribution in [3.05, 3.63) is 11.6 Å². The van der Waals surface area contributed by atoms with Crippen molar-refractivity contribution in [3.8, 4) is 0 Å². The van der Waals surface area contributed by atoms with Crippen LogP contribution in [0.5, 0.6) is 0 Å². The van der Waals surface area contributed by atoms with E-state index in [0.717, 1.165) is 25.5 Å². The van der Waals surface area contributed by atoms with E-state index in [0.29, 0.717) is 6.04 Å². The minimum absolute atomic E-state index is 0.353. The summed E-state index contributed by atoms with van der Waals surface area (Å²) in [5.41, 5.74) is 7.23. The summed E-state index contributed by atoms with van der Waals surface area (Å²) in [6.07, 6.45) is 7.22. The largest absolute Gasteiger partial charge is 0.380 e. The van der Waals surface area contributed by atoms with Gasteiger partial charge in [0, 0.05) is 32.8 Å². The molecule has 18 heavy (non-hydrogen) atoms. The van der Waals surface area contributed by atoms with Gasteiger partial charge in [0.2, 0.25) is 0 Å². The summed E-state index contributed by atoms with van der Waals surface area (Å²) in [5.74, 6) is 0.779. The summed E-state index contributed by atoms with van der Waals surface area (Å²) >= 11 is 0. The first-order valence-electron chi connectivity index (χ1n) is 7.26. The molecule has 0 fully saturated rings. The Morgan fingerprint density at radius 2 is 2.17 bits per heavy atom. The van der Waals surface area contributed by atoms with Crippen LogP contribution in [0, 0.1) is 5.92 Å². The molecule has 0 aromatic rings. The molecule has 0 bridgehead atoms. The summed E-state index contributed by atoms with van der Waals surface area (Å²) in [5, 5.41) is 0. The third-order valence-electron chi connectivity index (χ3n) is 3.64. The molecule has 0 spiro atoms. The molecule has 1 heterocycles. The highest BCUT2D eigenvalue weighted by atomic mass is 16.5. The molecule has 0 amide bonds. The van der Waals surface area contributed by atoms with Crippen molar-refractivity contribution in [1.29, 1.82) is 0 Å². The maximum atomic E-state index is 5.78. The van der Waals surface area contributed by atoms with Crippen molar-refractivity contribution < 1.29 is 4.74 Å². The van der Waals surface area contributed by atoms with Gasteiger partial charge in [-0.3, -0.25) is 4.90 Å². The van der Waals surface area contributed by atoms with Crippen LogP contribution in [0.4, 0.5) is 0 Å². The van der Waals surface area contributed by atoms with E-state index in [1.54, 1.807) is 7.11 Å². The molecule has 2 N–H and O–H groups in total. The molecule has 0 radical (unpaired) electrons. The van der Waals surface area contributed by atoms with Gasteiger partial charge in [-0.05, 0) is 37.7 Å². The van der Waals surface area contributed by atoms with Crippen molar-refractivity contribution in [2.24, 2.45) is 11.7 Å². The normalized spacial score (nSPS) is 20.6. The van der Waals surface area contributed by atoms with E-state index in [-0.39, 0.29) is 0 Å². The highest BCUT2D eigenvalue weighted by molar-refractivity contribution is 5.07. The van der Waals surface area contributed by atoms with Crippen molar-refractivity contribution in [1.82, 2.24) is 4.90 Å². The van der Waals surface area contributed by atoms with Gasteiger partial charge in [-0.2, -0.15) is 0 Å². The topological polar surface area (TPSA) is 38.5 Å². The third-order valence-corrected chi connectivity index (χ3v) is 3.64.